The van der Waals surface area contributed by atoms with E-state index < -0.39 is 0 Å². The minimum Gasteiger partial charge on any atom is -0.382 e. The highest BCUT2D eigenvalue weighted by molar-refractivity contribution is 7.99. The Hall–Kier alpha value is -2.87. The van der Waals surface area contributed by atoms with Crippen LogP contribution >= 0.6 is 11.8 Å². The zero-order chi connectivity index (χ0) is 20.1. The van der Waals surface area contributed by atoms with Gasteiger partial charge in [-0.3, -0.25) is 4.79 Å². The van der Waals surface area contributed by atoms with Crippen molar-refractivity contribution >= 4 is 17.4 Å². The zero-order valence-corrected chi connectivity index (χ0v) is 16.8. The van der Waals surface area contributed by atoms with Crippen molar-refractivity contribution in [1.82, 2.24) is 14.6 Å². The maximum absolute atomic E-state index is 12.4. The lowest BCUT2D eigenvalue weighted by Crippen LogP contribution is -2.16. The number of hydrogen-bond acceptors (Lipinski definition) is 5. The van der Waals surface area contributed by atoms with E-state index in [-0.39, 0.29) is 5.56 Å². The van der Waals surface area contributed by atoms with E-state index in [4.69, 9.17) is 9.47 Å². The third-order valence-corrected chi connectivity index (χ3v) is 5.40. The van der Waals surface area contributed by atoms with E-state index in [0.717, 1.165) is 16.0 Å². The molecule has 0 saturated heterocycles. The van der Waals surface area contributed by atoms with Crippen LogP contribution < -0.4 is 5.56 Å². The van der Waals surface area contributed by atoms with Gasteiger partial charge >= 0.3 is 0 Å². The molecule has 6 nitrogen and oxygen atoms in total. The van der Waals surface area contributed by atoms with Gasteiger partial charge in [0.1, 0.15) is 5.65 Å². The van der Waals surface area contributed by atoms with Gasteiger partial charge in [-0.15, -0.1) is 0 Å². The fourth-order valence-electron chi connectivity index (χ4n) is 2.97. The first-order chi connectivity index (χ1) is 14.2. The Bertz CT molecular complexity index is 1140. The Morgan fingerprint density at radius 3 is 2.55 bits per heavy atom. The van der Waals surface area contributed by atoms with Crippen LogP contribution in [-0.4, -0.2) is 34.9 Å². The van der Waals surface area contributed by atoms with Crippen molar-refractivity contribution in [2.45, 2.75) is 16.4 Å². The van der Waals surface area contributed by atoms with Gasteiger partial charge < -0.3 is 14.5 Å². The molecule has 148 valence electrons. The van der Waals surface area contributed by atoms with Gasteiger partial charge in [0.2, 0.25) is 0 Å². The summed E-state index contributed by atoms with van der Waals surface area (Å²) in [6, 6.07) is 20.0. The third-order valence-electron chi connectivity index (χ3n) is 4.39. The van der Waals surface area contributed by atoms with Crippen LogP contribution in [-0.2, 0) is 16.1 Å². The second kappa shape index (κ2) is 9.09. The zero-order valence-electron chi connectivity index (χ0n) is 16.0. The molecule has 0 unspecified atom stereocenters. The predicted octanol–water partition coefficient (Wildman–Crippen LogP) is 4.00. The van der Waals surface area contributed by atoms with Crippen LogP contribution in [0.5, 0.6) is 0 Å². The number of aromatic nitrogens is 3. The van der Waals surface area contributed by atoms with E-state index in [1.165, 1.54) is 15.5 Å². The molecule has 2 aromatic heterocycles. The van der Waals surface area contributed by atoms with E-state index in [2.05, 4.69) is 34.3 Å². The summed E-state index contributed by atoms with van der Waals surface area (Å²) in [6.07, 6.45) is 1.71. The number of H-pyrrole nitrogens is 1. The molecule has 0 fully saturated rings. The molecule has 0 aliphatic rings. The molecule has 0 bridgehead atoms. The molecule has 2 heterocycles. The number of benzene rings is 2. The quantitative estimate of drug-likeness (QED) is 0.447. The highest BCUT2D eigenvalue weighted by atomic mass is 32.2. The van der Waals surface area contributed by atoms with E-state index in [1.807, 2.05) is 30.3 Å². The number of rotatable bonds is 8. The Labute approximate surface area is 172 Å². The fraction of sp³-hybridized carbons (Fsp3) is 0.182. The molecule has 4 rings (SSSR count). The molecule has 0 atom stereocenters. The average Bonchev–Trinajstić information content (AvgIpc) is 3.17. The Balaban J connectivity index is 1.58. The molecular weight excluding hydrogens is 386 g/mol. The van der Waals surface area contributed by atoms with Crippen LogP contribution in [0, 0.1) is 0 Å². The normalized spacial score (nSPS) is 11.2. The lowest BCUT2D eigenvalue weighted by molar-refractivity contribution is 0.0602. The second-order valence-corrected chi connectivity index (χ2v) is 7.58. The van der Waals surface area contributed by atoms with E-state index in [9.17, 15) is 4.79 Å². The molecule has 0 radical (unpaired) electrons. The maximum atomic E-state index is 12.4. The van der Waals surface area contributed by atoms with Crippen molar-refractivity contribution in [2.75, 3.05) is 20.3 Å². The number of fused-ring (bicyclic) bond motifs is 1. The smallest absolute Gasteiger partial charge is 0.274 e. The number of ether oxygens (including phenoxy) is 2. The number of nitrogens with zero attached hydrogens (tertiary/aromatic N) is 2. The monoisotopic (exact) mass is 407 g/mol. The van der Waals surface area contributed by atoms with Crippen molar-refractivity contribution < 1.29 is 9.47 Å². The first-order valence-corrected chi connectivity index (χ1v) is 10.1. The summed E-state index contributed by atoms with van der Waals surface area (Å²) in [6.45, 7) is 1.29. The standard InChI is InChI=1S/C22H21N3O3S/c1-27-11-12-28-15-17-13-21(26)25-22(24-17)20(14-23-25)16-7-9-19(10-8-16)29-18-5-3-2-4-6-18/h2-10,13-14,24H,11-12,15H2,1H3. The highest BCUT2D eigenvalue weighted by Crippen LogP contribution is 2.30. The first-order valence-electron chi connectivity index (χ1n) is 9.24. The molecule has 4 aromatic rings. The molecule has 7 heteroatoms. The van der Waals surface area contributed by atoms with Gasteiger partial charge in [0.15, 0.2) is 0 Å². The van der Waals surface area contributed by atoms with E-state index in [1.54, 1.807) is 25.1 Å². The van der Waals surface area contributed by atoms with Gasteiger partial charge in [0.05, 0.1) is 26.0 Å². The van der Waals surface area contributed by atoms with Crippen LogP contribution in [0.3, 0.4) is 0 Å². The summed E-state index contributed by atoms with van der Waals surface area (Å²) in [5.41, 5.74) is 3.04. The highest BCUT2D eigenvalue weighted by Gasteiger charge is 2.11. The van der Waals surface area contributed by atoms with Crippen LogP contribution in [0.4, 0.5) is 0 Å². The molecular formula is C22H21N3O3S. The average molecular weight is 407 g/mol. The number of aromatic amines is 1. The summed E-state index contributed by atoms with van der Waals surface area (Å²) < 4.78 is 11.9. The third kappa shape index (κ3) is 4.59. The predicted molar refractivity (Wildman–Crippen MR) is 113 cm³/mol. The topological polar surface area (TPSA) is 68.6 Å². The minimum absolute atomic E-state index is 0.188. The van der Waals surface area contributed by atoms with E-state index in [0.29, 0.717) is 31.2 Å². The summed E-state index contributed by atoms with van der Waals surface area (Å²) in [5.74, 6) is 0. The minimum atomic E-state index is -0.188. The summed E-state index contributed by atoms with van der Waals surface area (Å²) in [5, 5.41) is 4.24. The molecule has 2 aromatic carbocycles. The van der Waals surface area contributed by atoms with Crippen LogP contribution in [0.2, 0.25) is 0 Å². The largest absolute Gasteiger partial charge is 0.382 e. The molecule has 29 heavy (non-hydrogen) atoms. The molecule has 0 aliphatic carbocycles. The first kappa shape index (κ1) is 19.4. The van der Waals surface area contributed by atoms with Gasteiger partial charge in [0, 0.05) is 34.2 Å². The Kier molecular flexibility index (Phi) is 6.09. The number of methoxy groups -OCH3 is 1. The van der Waals surface area contributed by atoms with Gasteiger partial charge in [0.25, 0.3) is 5.56 Å². The van der Waals surface area contributed by atoms with Gasteiger partial charge in [-0.05, 0) is 29.8 Å². The fourth-order valence-corrected chi connectivity index (χ4v) is 3.81. The molecule has 1 N–H and O–H groups in total. The Morgan fingerprint density at radius 1 is 1.03 bits per heavy atom. The maximum Gasteiger partial charge on any atom is 0.274 e. The van der Waals surface area contributed by atoms with Crippen LogP contribution in [0.15, 0.2) is 81.4 Å². The van der Waals surface area contributed by atoms with Gasteiger partial charge in [-0.25, -0.2) is 0 Å². The molecule has 0 spiro atoms. The van der Waals surface area contributed by atoms with Crippen molar-refractivity contribution in [3.05, 3.63) is 82.9 Å². The van der Waals surface area contributed by atoms with Crippen molar-refractivity contribution in [3.63, 3.8) is 0 Å². The van der Waals surface area contributed by atoms with Crippen LogP contribution in [0.25, 0.3) is 16.8 Å². The van der Waals surface area contributed by atoms with E-state index >= 15 is 0 Å². The van der Waals surface area contributed by atoms with Gasteiger partial charge in [-0.1, -0.05) is 42.1 Å². The number of hydrogen-bond donors (Lipinski definition) is 1. The summed E-state index contributed by atoms with van der Waals surface area (Å²) >= 11 is 1.71. The van der Waals surface area contributed by atoms with Crippen molar-refractivity contribution in [2.24, 2.45) is 0 Å². The number of nitrogens with one attached hydrogen (secondary N) is 1. The van der Waals surface area contributed by atoms with Crippen molar-refractivity contribution in [3.8, 4) is 11.1 Å². The Morgan fingerprint density at radius 2 is 1.79 bits per heavy atom. The lowest BCUT2D eigenvalue weighted by atomic mass is 10.1. The summed E-state index contributed by atoms with van der Waals surface area (Å²) in [4.78, 5) is 18.0. The van der Waals surface area contributed by atoms with Crippen molar-refractivity contribution in [1.29, 1.82) is 0 Å². The second-order valence-electron chi connectivity index (χ2n) is 6.44. The van der Waals surface area contributed by atoms with Crippen LogP contribution in [0.1, 0.15) is 5.69 Å². The summed E-state index contributed by atoms with van der Waals surface area (Å²) in [7, 11) is 1.62. The molecule has 0 aliphatic heterocycles. The molecule has 0 amide bonds. The molecule has 0 saturated carbocycles. The SMILES string of the molecule is COCCOCc1cc(=O)n2ncc(-c3ccc(Sc4ccccc4)cc3)c2[nH]1. The lowest BCUT2D eigenvalue weighted by Gasteiger charge is -2.06. The van der Waals surface area contributed by atoms with Gasteiger partial charge in [-0.2, -0.15) is 9.61 Å².